The van der Waals surface area contributed by atoms with Crippen LogP contribution in [-0.2, 0) is 9.59 Å². The van der Waals surface area contributed by atoms with Gasteiger partial charge in [-0.1, -0.05) is 39.5 Å². The second-order valence-electron chi connectivity index (χ2n) is 3.94. The predicted molar refractivity (Wildman–Crippen MR) is 66.9 cm³/mol. The van der Waals surface area contributed by atoms with Crippen molar-refractivity contribution in [1.82, 2.24) is 0 Å². The molecule has 0 aromatic heterocycles. The lowest BCUT2D eigenvalue weighted by atomic mass is 10.1. The van der Waals surface area contributed by atoms with Gasteiger partial charge in [0.05, 0.1) is 0 Å². The van der Waals surface area contributed by atoms with Gasteiger partial charge in [-0.25, -0.2) is 0 Å². The van der Waals surface area contributed by atoms with Gasteiger partial charge in [0, 0.05) is 6.42 Å². The fourth-order valence-electron chi connectivity index (χ4n) is 1.07. The van der Waals surface area contributed by atoms with Gasteiger partial charge in [0.25, 0.3) is 0 Å². The molecule has 0 fully saturated rings. The summed E-state index contributed by atoms with van der Waals surface area (Å²) in [5, 5.41) is 16.4. The first kappa shape index (κ1) is 18.3. The van der Waals surface area contributed by atoms with Crippen molar-refractivity contribution in [3.05, 3.63) is 0 Å². The van der Waals surface area contributed by atoms with Crippen molar-refractivity contribution in [3.63, 3.8) is 0 Å². The lowest BCUT2D eigenvalue weighted by molar-refractivity contribution is -0.139. The van der Waals surface area contributed by atoms with Crippen LogP contribution in [0.15, 0.2) is 0 Å². The minimum absolute atomic E-state index is 0.327. The Morgan fingerprint density at radius 1 is 1.06 bits per heavy atom. The molecular formula is C12H25NO4. The van der Waals surface area contributed by atoms with E-state index in [2.05, 4.69) is 6.92 Å². The number of nitrogens with two attached hydrogens (primary N) is 1. The highest BCUT2D eigenvalue weighted by atomic mass is 16.4. The number of carboxylic acids is 2. The van der Waals surface area contributed by atoms with Crippen LogP contribution in [0.5, 0.6) is 0 Å². The summed E-state index contributed by atoms with van der Waals surface area (Å²) in [6.07, 6.45) is 5.76. The summed E-state index contributed by atoms with van der Waals surface area (Å²) >= 11 is 0. The van der Waals surface area contributed by atoms with Crippen LogP contribution < -0.4 is 5.73 Å². The molecule has 0 radical (unpaired) electrons. The molecule has 4 N–H and O–H groups in total. The summed E-state index contributed by atoms with van der Waals surface area (Å²) in [5.74, 6) is -1.58. The number of hydrogen-bond donors (Lipinski definition) is 3. The number of hydrogen-bond acceptors (Lipinski definition) is 3. The average molecular weight is 247 g/mol. The maximum atomic E-state index is 10.1. The molecule has 0 aliphatic rings. The number of rotatable bonds is 8. The van der Waals surface area contributed by atoms with Gasteiger partial charge in [0.2, 0.25) is 0 Å². The molecule has 102 valence electrons. The number of carboxylic acid groups (broad SMARTS) is 2. The van der Waals surface area contributed by atoms with E-state index in [9.17, 15) is 9.59 Å². The van der Waals surface area contributed by atoms with Crippen molar-refractivity contribution in [2.45, 2.75) is 64.8 Å². The second-order valence-corrected chi connectivity index (χ2v) is 3.94. The summed E-state index contributed by atoms with van der Waals surface area (Å²) in [6.45, 7) is 4.07. The molecule has 0 rings (SSSR count). The topological polar surface area (TPSA) is 101 Å². The van der Waals surface area contributed by atoms with E-state index in [0.717, 1.165) is 32.1 Å². The van der Waals surface area contributed by atoms with Crippen LogP contribution in [0.25, 0.3) is 0 Å². The number of carbonyl (C=O) groups is 2. The highest BCUT2D eigenvalue weighted by molar-refractivity contribution is 5.72. The van der Waals surface area contributed by atoms with E-state index in [1.165, 1.54) is 0 Å². The van der Waals surface area contributed by atoms with E-state index in [1.54, 1.807) is 0 Å². The Morgan fingerprint density at radius 2 is 1.59 bits per heavy atom. The third-order valence-corrected chi connectivity index (χ3v) is 2.18. The van der Waals surface area contributed by atoms with Crippen LogP contribution in [0.3, 0.4) is 0 Å². The summed E-state index contributed by atoms with van der Waals surface area (Å²) < 4.78 is 0. The van der Waals surface area contributed by atoms with Gasteiger partial charge in [-0.15, -0.1) is 0 Å². The van der Waals surface area contributed by atoms with Gasteiger partial charge in [0.1, 0.15) is 6.04 Å². The van der Waals surface area contributed by atoms with Crippen molar-refractivity contribution in [2.24, 2.45) is 5.73 Å². The van der Waals surface area contributed by atoms with Crippen molar-refractivity contribution in [2.75, 3.05) is 0 Å². The third kappa shape index (κ3) is 17.5. The maximum Gasteiger partial charge on any atom is 0.320 e. The first-order valence-corrected chi connectivity index (χ1v) is 6.15. The SMILES string of the molecule is CCCCC(N)C(=O)O.CCCCCC(=O)O. The van der Waals surface area contributed by atoms with Crippen molar-refractivity contribution < 1.29 is 19.8 Å². The van der Waals surface area contributed by atoms with E-state index in [0.29, 0.717) is 12.8 Å². The Hall–Kier alpha value is -1.10. The normalized spacial score (nSPS) is 11.2. The average Bonchev–Trinajstić information content (AvgIpc) is 2.26. The zero-order chi connectivity index (χ0) is 13.7. The minimum Gasteiger partial charge on any atom is -0.481 e. The predicted octanol–water partition coefficient (Wildman–Crippen LogP) is 2.24. The Kier molecular flexibility index (Phi) is 13.9. The van der Waals surface area contributed by atoms with Crippen molar-refractivity contribution in [1.29, 1.82) is 0 Å². The summed E-state index contributed by atoms with van der Waals surface area (Å²) in [4.78, 5) is 20.0. The smallest absolute Gasteiger partial charge is 0.320 e. The third-order valence-electron chi connectivity index (χ3n) is 2.18. The monoisotopic (exact) mass is 247 g/mol. The van der Waals surface area contributed by atoms with E-state index in [-0.39, 0.29) is 0 Å². The lowest BCUT2D eigenvalue weighted by Gasteiger charge is -2.02. The molecule has 5 nitrogen and oxygen atoms in total. The lowest BCUT2D eigenvalue weighted by Crippen LogP contribution is -2.29. The zero-order valence-electron chi connectivity index (χ0n) is 10.8. The Balaban J connectivity index is 0. The molecule has 0 aliphatic heterocycles. The van der Waals surface area contributed by atoms with Gasteiger partial charge in [0.15, 0.2) is 0 Å². The van der Waals surface area contributed by atoms with Crippen LogP contribution in [0.1, 0.15) is 58.8 Å². The number of aliphatic carboxylic acids is 2. The molecule has 17 heavy (non-hydrogen) atoms. The molecule has 0 saturated heterocycles. The van der Waals surface area contributed by atoms with Crippen molar-refractivity contribution in [3.8, 4) is 0 Å². The summed E-state index contributed by atoms with van der Waals surface area (Å²) in [5.41, 5.74) is 5.20. The molecule has 0 amide bonds. The first-order chi connectivity index (χ1) is 7.95. The molecular weight excluding hydrogens is 222 g/mol. The highest BCUT2D eigenvalue weighted by Crippen LogP contribution is 1.97. The van der Waals surface area contributed by atoms with Gasteiger partial charge in [-0.3, -0.25) is 9.59 Å². The summed E-state index contributed by atoms with van der Waals surface area (Å²) in [7, 11) is 0. The van der Waals surface area contributed by atoms with E-state index in [4.69, 9.17) is 15.9 Å². The minimum atomic E-state index is -0.900. The molecule has 0 saturated carbocycles. The van der Waals surface area contributed by atoms with Gasteiger partial charge < -0.3 is 15.9 Å². The molecule has 1 atom stereocenters. The van der Waals surface area contributed by atoms with Gasteiger partial charge in [-0.05, 0) is 12.8 Å². The van der Waals surface area contributed by atoms with Crippen LogP contribution in [0, 0.1) is 0 Å². The zero-order valence-corrected chi connectivity index (χ0v) is 10.8. The van der Waals surface area contributed by atoms with Gasteiger partial charge in [-0.2, -0.15) is 0 Å². The quantitative estimate of drug-likeness (QED) is 0.571. The fourth-order valence-corrected chi connectivity index (χ4v) is 1.07. The second kappa shape index (κ2) is 13.0. The Bertz CT molecular complexity index is 207. The standard InChI is InChI=1S/C6H13NO2.C6H12O2/c1-2-3-4-5(7)6(8)9;1-2-3-4-5-6(7)8/h5H,2-4,7H2,1H3,(H,8,9);2-5H2,1H3,(H,7,8). The Morgan fingerprint density at radius 3 is 1.94 bits per heavy atom. The molecule has 0 heterocycles. The van der Waals surface area contributed by atoms with Crippen LogP contribution in [0.2, 0.25) is 0 Å². The largest absolute Gasteiger partial charge is 0.481 e. The first-order valence-electron chi connectivity index (χ1n) is 6.15. The highest BCUT2D eigenvalue weighted by Gasteiger charge is 2.08. The van der Waals surface area contributed by atoms with E-state index in [1.807, 2.05) is 6.92 Å². The molecule has 1 unspecified atom stereocenters. The molecule has 5 heteroatoms. The number of unbranched alkanes of at least 4 members (excludes halogenated alkanes) is 3. The molecule has 0 aromatic rings. The van der Waals surface area contributed by atoms with Crippen LogP contribution >= 0.6 is 0 Å². The molecule has 0 aromatic carbocycles. The maximum absolute atomic E-state index is 10.1. The van der Waals surface area contributed by atoms with E-state index >= 15 is 0 Å². The van der Waals surface area contributed by atoms with Crippen LogP contribution in [-0.4, -0.2) is 28.2 Å². The fraction of sp³-hybridized carbons (Fsp3) is 0.833. The van der Waals surface area contributed by atoms with Gasteiger partial charge >= 0.3 is 11.9 Å². The van der Waals surface area contributed by atoms with E-state index < -0.39 is 18.0 Å². The summed E-state index contributed by atoms with van der Waals surface area (Å²) in [6, 6.07) is -0.662. The van der Waals surface area contributed by atoms with Crippen LogP contribution in [0.4, 0.5) is 0 Å². The molecule has 0 aliphatic carbocycles. The Labute approximate surface area is 103 Å². The molecule has 0 bridgehead atoms. The van der Waals surface area contributed by atoms with Crippen molar-refractivity contribution >= 4 is 11.9 Å². The molecule has 0 spiro atoms.